The lowest BCUT2D eigenvalue weighted by Gasteiger charge is -2.24. The van der Waals surface area contributed by atoms with Gasteiger partial charge in [-0.15, -0.1) is 0 Å². The summed E-state index contributed by atoms with van der Waals surface area (Å²) in [4.78, 5) is 14.5. The Kier molecular flexibility index (Phi) is 4.14. The number of amides is 1. The molecule has 3 nitrogen and oxygen atoms in total. The Bertz CT molecular complexity index is 681. The molecule has 2 aromatic carbocycles. The van der Waals surface area contributed by atoms with Crippen molar-refractivity contribution < 1.29 is 4.79 Å². The zero-order chi connectivity index (χ0) is 15.5. The van der Waals surface area contributed by atoms with Gasteiger partial charge in [0.25, 0.3) is 0 Å². The molecule has 0 fully saturated rings. The topological polar surface area (TPSA) is 32.3 Å². The molecule has 0 radical (unpaired) electrons. The monoisotopic (exact) mass is 294 g/mol. The van der Waals surface area contributed by atoms with E-state index < -0.39 is 0 Å². The molecule has 0 saturated heterocycles. The maximum Gasteiger partial charge on any atom is 0.226 e. The quantitative estimate of drug-likeness (QED) is 0.931. The molecule has 114 valence electrons. The van der Waals surface area contributed by atoms with Crippen molar-refractivity contribution in [3.63, 3.8) is 0 Å². The molecule has 1 N–H and O–H groups in total. The highest BCUT2D eigenvalue weighted by Gasteiger charge is 2.25. The Balaban J connectivity index is 1.60. The predicted octanol–water partition coefficient (Wildman–Crippen LogP) is 3.77. The van der Waals surface area contributed by atoms with Crippen LogP contribution in [0.1, 0.15) is 24.5 Å². The van der Waals surface area contributed by atoms with Crippen LogP contribution in [0.3, 0.4) is 0 Å². The molecule has 1 atom stereocenters. The van der Waals surface area contributed by atoms with Crippen LogP contribution < -0.4 is 10.2 Å². The van der Waals surface area contributed by atoms with E-state index in [2.05, 4.69) is 41.4 Å². The van der Waals surface area contributed by atoms with Crippen molar-refractivity contribution in [3.8, 4) is 0 Å². The van der Waals surface area contributed by atoms with Gasteiger partial charge in [-0.05, 0) is 49.6 Å². The van der Waals surface area contributed by atoms with Gasteiger partial charge in [0.2, 0.25) is 5.91 Å². The van der Waals surface area contributed by atoms with E-state index in [0.29, 0.717) is 12.5 Å². The summed E-state index contributed by atoms with van der Waals surface area (Å²) in [7, 11) is 0. The van der Waals surface area contributed by atoms with Crippen LogP contribution in [0.25, 0.3) is 0 Å². The van der Waals surface area contributed by atoms with Crippen LogP contribution in [0.4, 0.5) is 11.4 Å². The van der Waals surface area contributed by atoms with Crippen molar-refractivity contribution in [3.05, 3.63) is 59.7 Å². The highest BCUT2D eigenvalue weighted by Crippen LogP contribution is 2.31. The van der Waals surface area contributed by atoms with Crippen LogP contribution in [-0.4, -0.2) is 18.5 Å². The van der Waals surface area contributed by atoms with Crippen molar-refractivity contribution in [2.75, 3.05) is 16.8 Å². The molecular formula is C19H22N2O. The molecule has 1 amide bonds. The first-order valence-corrected chi connectivity index (χ1v) is 7.84. The second kappa shape index (κ2) is 6.22. The normalized spacial score (nSPS) is 16.5. The maximum absolute atomic E-state index is 12.2. The first kappa shape index (κ1) is 14.6. The Morgan fingerprint density at radius 3 is 2.86 bits per heavy atom. The van der Waals surface area contributed by atoms with E-state index in [1.54, 1.807) is 0 Å². The average Bonchev–Trinajstić information content (AvgIpc) is 2.80. The van der Waals surface area contributed by atoms with E-state index in [1.807, 2.05) is 31.2 Å². The average molecular weight is 294 g/mol. The first-order chi connectivity index (χ1) is 10.6. The van der Waals surface area contributed by atoms with Gasteiger partial charge >= 0.3 is 0 Å². The number of fused-ring (bicyclic) bond motifs is 1. The van der Waals surface area contributed by atoms with E-state index in [0.717, 1.165) is 24.2 Å². The zero-order valence-electron chi connectivity index (χ0n) is 13.2. The molecule has 1 unspecified atom stereocenters. The van der Waals surface area contributed by atoms with E-state index in [4.69, 9.17) is 0 Å². The predicted molar refractivity (Wildman–Crippen MR) is 91.4 cm³/mol. The molecule has 2 aromatic rings. The number of hydrogen-bond acceptors (Lipinski definition) is 2. The third-order valence-electron chi connectivity index (χ3n) is 4.23. The standard InChI is InChI=1S/C19H22N2O/c1-14-6-5-8-17(12-14)20-19(22)10-11-21-15(2)13-16-7-3-4-9-18(16)21/h3-9,12,15H,10-11,13H2,1-2H3,(H,20,22). The fourth-order valence-electron chi connectivity index (χ4n) is 3.14. The smallest absolute Gasteiger partial charge is 0.226 e. The van der Waals surface area contributed by atoms with Crippen molar-refractivity contribution >= 4 is 17.3 Å². The maximum atomic E-state index is 12.2. The van der Waals surface area contributed by atoms with Gasteiger partial charge in [-0.3, -0.25) is 4.79 Å². The summed E-state index contributed by atoms with van der Waals surface area (Å²) < 4.78 is 0. The lowest BCUT2D eigenvalue weighted by atomic mass is 10.1. The summed E-state index contributed by atoms with van der Waals surface area (Å²) in [6.07, 6.45) is 1.57. The van der Waals surface area contributed by atoms with Crippen LogP contribution in [0, 0.1) is 6.92 Å². The van der Waals surface area contributed by atoms with E-state index in [1.165, 1.54) is 11.3 Å². The third kappa shape index (κ3) is 3.14. The molecule has 0 aliphatic carbocycles. The molecule has 3 heteroatoms. The summed E-state index contributed by atoms with van der Waals surface area (Å²) >= 11 is 0. The number of rotatable bonds is 4. The molecule has 0 spiro atoms. The minimum Gasteiger partial charge on any atom is -0.368 e. The number of nitrogens with zero attached hydrogens (tertiary/aromatic N) is 1. The molecule has 1 aliphatic rings. The van der Waals surface area contributed by atoms with Crippen molar-refractivity contribution in [1.82, 2.24) is 0 Å². The van der Waals surface area contributed by atoms with Gasteiger partial charge in [0.05, 0.1) is 0 Å². The summed E-state index contributed by atoms with van der Waals surface area (Å²) in [6.45, 7) is 5.01. The van der Waals surface area contributed by atoms with Gasteiger partial charge in [0.15, 0.2) is 0 Å². The van der Waals surface area contributed by atoms with Crippen LogP contribution in [0.5, 0.6) is 0 Å². The van der Waals surface area contributed by atoms with E-state index in [-0.39, 0.29) is 5.91 Å². The molecule has 3 rings (SSSR count). The number of carbonyl (C=O) groups is 1. The number of nitrogens with one attached hydrogen (secondary N) is 1. The van der Waals surface area contributed by atoms with Crippen LogP contribution in [0.2, 0.25) is 0 Å². The van der Waals surface area contributed by atoms with Gasteiger partial charge in [-0.25, -0.2) is 0 Å². The molecule has 1 heterocycles. The van der Waals surface area contributed by atoms with Crippen molar-refractivity contribution in [1.29, 1.82) is 0 Å². The van der Waals surface area contributed by atoms with Gasteiger partial charge in [-0.2, -0.15) is 0 Å². The largest absolute Gasteiger partial charge is 0.368 e. The van der Waals surface area contributed by atoms with E-state index in [9.17, 15) is 4.79 Å². The zero-order valence-corrected chi connectivity index (χ0v) is 13.2. The number of benzene rings is 2. The Labute approximate surface area is 132 Å². The SMILES string of the molecule is Cc1cccc(NC(=O)CCN2c3ccccc3CC2C)c1. The van der Waals surface area contributed by atoms with Crippen LogP contribution in [0.15, 0.2) is 48.5 Å². The minimum atomic E-state index is 0.0715. The van der Waals surface area contributed by atoms with Crippen molar-refractivity contribution in [2.24, 2.45) is 0 Å². The molecule has 0 saturated carbocycles. The van der Waals surface area contributed by atoms with Gasteiger partial charge in [0.1, 0.15) is 0 Å². The fourth-order valence-corrected chi connectivity index (χ4v) is 3.14. The van der Waals surface area contributed by atoms with Crippen molar-refractivity contribution in [2.45, 2.75) is 32.7 Å². The summed E-state index contributed by atoms with van der Waals surface area (Å²) in [6, 6.07) is 16.8. The molecule has 0 aromatic heterocycles. The lowest BCUT2D eigenvalue weighted by molar-refractivity contribution is -0.116. The number of aryl methyl sites for hydroxylation is 1. The molecule has 22 heavy (non-hydrogen) atoms. The summed E-state index contributed by atoms with van der Waals surface area (Å²) in [5.74, 6) is 0.0715. The molecular weight excluding hydrogens is 272 g/mol. The lowest BCUT2D eigenvalue weighted by Crippen LogP contribution is -2.32. The highest BCUT2D eigenvalue weighted by atomic mass is 16.1. The van der Waals surface area contributed by atoms with Gasteiger partial charge in [0, 0.05) is 30.4 Å². The fraction of sp³-hybridized carbons (Fsp3) is 0.316. The third-order valence-corrected chi connectivity index (χ3v) is 4.23. The second-order valence-corrected chi connectivity index (χ2v) is 6.04. The summed E-state index contributed by atoms with van der Waals surface area (Å²) in [5, 5.41) is 2.98. The summed E-state index contributed by atoms with van der Waals surface area (Å²) in [5.41, 5.74) is 4.69. The highest BCUT2D eigenvalue weighted by molar-refractivity contribution is 5.91. The van der Waals surface area contributed by atoms with E-state index >= 15 is 0 Å². The Morgan fingerprint density at radius 2 is 2.05 bits per heavy atom. The molecule has 1 aliphatic heterocycles. The number of anilines is 2. The van der Waals surface area contributed by atoms with Crippen LogP contribution >= 0.6 is 0 Å². The molecule has 0 bridgehead atoms. The van der Waals surface area contributed by atoms with Gasteiger partial charge in [-0.1, -0.05) is 30.3 Å². The number of hydrogen-bond donors (Lipinski definition) is 1. The Hall–Kier alpha value is -2.29. The van der Waals surface area contributed by atoms with Crippen LogP contribution in [-0.2, 0) is 11.2 Å². The number of carbonyl (C=O) groups excluding carboxylic acids is 1. The Morgan fingerprint density at radius 1 is 1.23 bits per heavy atom. The number of para-hydroxylation sites is 1. The second-order valence-electron chi connectivity index (χ2n) is 6.04. The van der Waals surface area contributed by atoms with Gasteiger partial charge < -0.3 is 10.2 Å². The minimum absolute atomic E-state index is 0.0715. The first-order valence-electron chi connectivity index (χ1n) is 7.84.